The van der Waals surface area contributed by atoms with Crippen molar-refractivity contribution >= 4 is 17.4 Å². The van der Waals surface area contributed by atoms with Crippen LogP contribution in [0.2, 0.25) is 5.02 Å². The lowest BCUT2D eigenvalue weighted by atomic mass is 10.0. The number of ether oxygens (including phenoxy) is 1. The lowest BCUT2D eigenvalue weighted by molar-refractivity contribution is 0.00916. The van der Waals surface area contributed by atoms with Gasteiger partial charge < -0.3 is 4.74 Å². The predicted molar refractivity (Wildman–Crippen MR) is 116 cm³/mol. The summed E-state index contributed by atoms with van der Waals surface area (Å²) in [6.07, 6.45) is 7.60. The molecule has 2 aliphatic carbocycles. The highest BCUT2D eigenvalue weighted by Gasteiger charge is 2.38. The van der Waals surface area contributed by atoms with Crippen molar-refractivity contribution in [3.63, 3.8) is 0 Å². The van der Waals surface area contributed by atoms with Gasteiger partial charge in [0.1, 0.15) is 0 Å². The van der Waals surface area contributed by atoms with E-state index in [0.29, 0.717) is 28.7 Å². The molecule has 168 valence electrons. The van der Waals surface area contributed by atoms with Crippen LogP contribution in [0, 0.1) is 5.92 Å². The Kier molecular flexibility index (Phi) is 5.08. The summed E-state index contributed by atoms with van der Waals surface area (Å²) in [5.41, 5.74) is 1.59. The second-order valence-electron chi connectivity index (χ2n) is 8.77. The van der Waals surface area contributed by atoms with Crippen molar-refractivity contribution in [2.45, 2.75) is 51.1 Å². The summed E-state index contributed by atoms with van der Waals surface area (Å²) in [7, 11) is 1.59. The van der Waals surface area contributed by atoms with Crippen molar-refractivity contribution < 1.29 is 18.3 Å². The second kappa shape index (κ2) is 7.69. The Balaban J connectivity index is 1.50. The van der Waals surface area contributed by atoms with Gasteiger partial charge in [-0.3, -0.25) is 4.79 Å². The molecule has 2 saturated carbocycles. The van der Waals surface area contributed by atoms with Crippen LogP contribution in [-0.2, 0) is 13.0 Å². The first-order chi connectivity index (χ1) is 15.2. The van der Waals surface area contributed by atoms with Gasteiger partial charge in [-0.2, -0.15) is 19.0 Å². The predicted octanol–water partition coefficient (Wildman–Crippen LogP) is 5.56. The number of hydrogen-bond donors (Lipinski definition) is 0. The Bertz CT molecular complexity index is 1190. The number of carbonyl (C=O) groups is 1. The van der Waals surface area contributed by atoms with E-state index in [1.54, 1.807) is 31.6 Å². The second-order valence-corrected chi connectivity index (χ2v) is 9.18. The van der Waals surface area contributed by atoms with E-state index in [1.807, 2.05) is 6.07 Å². The molecule has 0 saturated heterocycles. The largest absolute Gasteiger partial charge is 0.484 e. The van der Waals surface area contributed by atoms with Crippen molar-refractivity contribution in [3.8, 4) is 22.7 Å². The minimum Gasteiger partial charge on any atom is -0.484 e. The van der Waals surface area contributed by atoms with Gasteiger partial charge in [-0.25, -0.2) is 9.36 Å². The van der Waals surface area contributed by atoms with E-state index in [2.05, 4.69) is 10.2 Å². The van der Waals surface area contributed by atoms with Crippen molar-refractivity contribution in [1.29, 1.82) is 0 Å². The monoisotopic (exact) mass is 460 g/mol. The first-order valence-corrected chi connectivity index (χ1v) is 11.1. The first-order valence-electron chi connectivity index (χ1n) is 10.7. The molecule has 6 nitrogen and oxygen atoms in total. The van der Waals surface area contributed by atoms with Crippen LogP contribution in [0.1, 0.15) is 55.1 Å². The maximum atomic E-state index is 14.2. The van der Waals surface area contributed by atoms with E-state index in [4.69, 9.17) is 16.3 Å². The van der Waals surface area contributed by atoms with Crippen molar-refractivity contribution in [1.82, 2.24) is 19.6 Å². The number of halogens is 3. The lowest BCUT2D eigenvalue weighted by Crippen LogP contribution is -2.11. The maximum absolute atomic E-state index is 14.2. The van der Waals surface area contributed by atoms with Crippen molar-refractivity contribution in [2.24, 2.45) is 13.0 Å². The Morgan fingerprint density at radius 3 is 2.66 bits per heavy atom. The zero-order valence-corrected chi connectivity index (χ0v) is 18.6. The fourth-order valence-corrected chi connectivity index (χ4v) is 3.92. The highest BCUT2D eigenvalue weighted by molar-refractivity contribution is 6.34. The molecule has 5 rings (SSSR count). The summed E-state index contributed by atoms with van der Waals surface area (Å²) in [6, 6.07) is 5.29. The number of alkyl halides is 2. The molecule has 9 heteroatoms. The van der Waals surface area contributed by atoms with Crippen molar-refractivity contribution in [3.05, 3.63) is 46.9 Å². The molecule has 0 spiro atoms. The van der Waals surface area contributed by atoms with Crippen LogP contribution in [0.3, 0.4) is 0 Å². The van der Waals surface area contributed by atoms with Crippen LogP contribution < -0.4 is 4.74 Å². The van der Waals surface area contributed by atoms with Gasteiger partial charge in [-0.15, -0.1) is 0 Å². The quantitative estimate of drug-likeness (QED) is 0.413. The molecule has 0 atom stereocenters. The molecule has 0 aliphatic heterocycles. The number of rotatable bonds is 8. The van der Waals surface area contributed by atoms with E-state index in [9.17, 15) is 13.6 Å². The summed E-state index contributed by atoms with van der Waals surface area (Å²) in [6.45, 7) is 0.807. The molecule has 1 aromatic carbocycles. The third-order valence-corrected chi connectivity index (χ3v) is 6.10. The summed E-state index contributed by atoms with van der Waals surface area (Å²) < 4.78 is 37.0. The number of ketones is 1. The SMILES string of the molecule is Cn1nc(C(C)(F)F)c(OC2CC2)c1-n1cc(-c2ccc(Cl)c(C(=O)CC3CC3)c2)cn1. The maximum Gasteiger partial charge on any atom is 0.292 e. The van der Waals surface area contributed by atoms with Crippen LogP contribution >= 0.6 is 11.6 Å². The molecule has 2 fully saturated rings. The van der Waals surface area contributed by atoms with Gasteiger partial charge in [0.15, 0.2) is 23.0 Å². The number of nitrogens with zero attached hydrogens (tertiary/aromatic N) is 4. The van der Waals surface area contributed by atoms with Gasteiger partial charge in [0.2, 0.25) is 0 Å². The van der Waals surface area contributed by atoms with Gasteiger partial charge in [-0.05, 0) is 49.3 Å². The highest BCUT2D eigenvalue weighted by atomic mass is 35.5. The highest BCUT2D eigenvalue weighted by Crippen LogP contribution is 2.41. The van der Waals surface area contributed by atoms with E-state index >= 15 is 0 Å². The average Bonchev–Trinajstić information content (AvgIpc) is 3.63. The fourth-order valence-electron chi connectivity index (χ4n) is 3.70. The molecule has 0 amide bonds. The molecule has 2 aliphatic rings. The Morgan fingerprint density at radius 2 is 2.00 bits per heavy atom. The van der Waals surface area contributed by atoms with E-state index in [-0.39, 0.29) is 17.6 Å². The summed E-state index contributed by atoms with van der Waals surface area (Å²) in [5.74, 6) is -2.27. The van der Waals surface area contributed by atoms with Crippen molar-refractivity contribution in [2.75, 3.05) is 0 Å². The molecular weight excluding hydrogens is 438 g/mol. The fraction of sp³-hybridized carbons (Fsp3) is 0.435. The normalized spacial score (nSPS) is 16.4. The zero-order chi connectivity index (χ0) is 22.6. The smallest absolute Gasteiger partial charge is 0.292 e. The molecular formula is C23H23ClF2N4O2. The molecule has 3 aromatic rings. The average molecular weight is 461 g/mol. The number of Topliss-reactive ketones (excluding diaryl/α,β-unsaturated/α-hetero) is 1. The molecule has 0 bridgehead atoms. The number of aryl methyl sites for hydroxylation is 1. The summed E-state index contributed by atoms with van der Waals surface area (Å²) in [5, 5.41) is 8.82. The molecule has 32 heavy (non-hydrogen) atoms. The third-order valence-electron chi connectivity index (χ3n) is 5.77. The van der Waals surface area contributed by atoms with E-state index in [1.165, 1.54) is 9.36 Å². The summed E-state index contributed by atoms with van der Waals surface area (Å²) in [4.78, 5) is 12.6. The Labute approximate surface area is 189 Å². The Morgan fingerprint density at radius 1 is 1.25 bits per heavy atom. The number of hydrogen-bond acceptors (Lipinski definition) is 4. The molecule has 2 heterocycles. The van der Waals surface area contributed by atoms with E-state index < -0.39 is 11.6 Å². The van der Waals surface area contributed by atoms with Crippen LogP contribution in [0.15, 0.2) is 30.6 Å². The van der Waals surface area contributed by atoms with Gasteiger partial charge in [-0.1, -0.05) is 17.7 Å². The molecule has 2 aromatic heterocycles. The Hall–Kier alpha value is -2.74. The first kappa shape index (κ1) is 21.1. The van der Waals surface area contributed by atoms with Crippen LogP contribution in [0.4, 0.5) is 8.78 Å². The zero-order valence-electron chi connectivity index (χ0n) is 17.8. The van der Waals surface area contributed by atoms with Crippen LogP contribution in [0.25, 0.3) is 16.9 Å². The van der Waals surface area contributed by atoms with Crippen LogP contribution in [0.5, 0.6) is 5.75 Å². The topological polar surface area (TPSA) is 61.9 Å². The van der Waals surface area contributed by atoms with Gasteiger partial charge in [0.05, 0.1) is 17.3 Å². The van der Waals surface area contributed by atoms with Gasteiger partial charge in [0, 0.05) is 37.7 Å². The molecule has 0 unspecified atom stereocenters. The summed E-state index contributed by atoms with van der Waals surface area (Å²) >= 11 is 6.28. The third kappa shape index (κ3) is 4.16. The minimum atomic E-state index is -3.15. The minimum absolute atomic E-state index is 0.0355. The number of carbonyl (C=O) groups excluding carboxylic acids is 1. The van der Waals surface area contributed by atoms with E-state index in [0.717, 1.165) is 43.7 Å². The molecule has 0 N–H and O–H groups in total. The van der Waals surface area contributed by atoms with Crippen LogP contribution in [-0.4, -0.2) is 31.4 Å². The molecule has 0 radical (unpaired) electrons. The van der Waals surface area contributed by atoms with Gasteiger partial charge in [0.25, 0.3) is 5.92 Å². The standard InChI is InChI=1S/C23H23ClF2N4O2/c1-23(25,26)21-20(32-16-6-7-16)22(29(2)28-21)30-12-15(11-27-30)14-5-8-18(24)17(10-14)19(31)9-13-3-4-13/h5,8,10-13,16H,3-4,6-7,9H2,1-2H3. The lowest BCUT2D eigenvalue weighted by Gasteiger charge is -2.11. The van der Waals surface area contributed by atoms with Gasteiger partial charge >= 0.3 is 0 Å². The number of benzene rings is 1. The number of aromatic nitrogens is 4.